The van der Waals surface area contributed by atoms with Gasteiger partial charge in [-0.25, -0.2) is 0 Å². The monoisotopic (exact) mass is 367 g/mol. The van der Waals surface area contributed by atoms with Gasteiger partial charge in [0.15, 0.2) is 0 Å². The van der Waals surface area contributed by atoms with Crippen molar-refractivity contribution >= 4 is 40.2 Å². The van der Waals surface area contributed by atoms with Gasteiger partial charge in [0, 0.05) is 21.3 Å². The molecule has 0 aliphatic carbocycles. The predicted octanol–water partition coefficient (Wildman–Crippen LogP) is 3.65. The number of hydrogen-bond acceptors (Lipinski definition) is 4. The number of halogens is 1. The van der Waals surface area contributed by atoms with E-state index >= 15 is 0 Å². The summed E-state index contributed by atoms with van der Waals surface area (Å²) in [5, 5.41) is 14.8. The first-order valence-electron chi connectivity index (χ1n) is 5.44. The van der Waals surface area contributed by atoms with E-state index in [1.165, 1.54) is 12.1 Å². The summed E-state index contributed by atoms with van der Waals surface area (Å²) in [5.41, 5.74) is 4.46. The maximum absolute atomic E-state index is 10.7. The first kappa shape index (κ1) is 13.5. The largest absolute Gasteiger partial charge is 0.279 e. The molecule has 0 bridgehead atoms. The van der Waals surface area contributed by atoms with E-state index in [0.29, 0.717) is 5.56 Å². The van der Waals surface area contributed by atoms with Gasteiger partial charge in [0.25, 0.3) is 5.69 Å². The molecule has 0 amide bonds. The Morgan fingerprint density at radius 3 is 2.63 bits per heavy atom. The third-order valence-corrected chi connectivity index (χ3v) is 2.92. The number of anilines is 1. The molecule has 1 N–H and O–H groups in total. The van der Waals surface area contributed by atoms with Crippen molar-refractivity contribution in [3.63, 3.8) is 0 Å². The summed E-state index contributed by atoms with van der Waals surface area (Å²) in [6, 6.07) is 14.3. The second-order valence-electron chi connectivity index (χ2n) is 3.74. The highest BCUT2D eigenvalue weighted by Gasteiger charge is 2.07. The number of nitrogens with zero attached hydrogens (tertiary/aromatic N) is 2. The minimum atomic E-state index is -0.413. The molecule has 0 saturated carbocycles. The van der Waals surface area contributed by atoms with Crippen molar-refractivity contribution in [2.45, 2.75) is 0 Å². The van der Waals surface area contributed by atoms with E-state index in [1.807, 2.05) is 59.0 Å². The number of para-hydroxylation sites is 1. The summed E-state index contributed by atoms with van der Waals surface area (Å²) in [5.74, 6) is 0. The van der Waals surface area contributed by atoms with Gasteiger partial charge in [-0.2, -0.15) is 5.10 Å². The molecule has 0 fully saturated rings. The maximum Gasteiger partial charge on any atom is 0.271 e. The van der Waals surface area contributed by atoms with Crippen molar-refractivity contribution in [3.8, 4) is 0 Å². The van der Waals surface area contributed by atoms with Crippen LogP contribution >= 0.6 is 22.6 Å². The molecule has 6 heteroatoms. The standard InChI is InChI=1S/C13H10IN3O2/c14-11-6-10(7-13(8-11)17(18)19)9-15-16-12-4-2-1-3-5-12/h1-9,16H. The number of nitro benzene ring substituents is 1. The number of non-ortho nitro benzene ring substituents is 1. The van der Waals surface area contributed by atoms with E-state index in [9.17, 15) is 10.1 Å². The SMILES string of the molecule is O=[N+]([O-])c1cc(I)cc(C=NNc2ccccc2)c1. The summed E-state index contributed by atoms with van der Waals surface area (Å²) < 4.78 is 0.799. The van der Waals surface area contributed by atoms with Crippen LogP contribution in [0.25, 0.3) is 0 Å². The van der Waals surface area contributed by atoms with Crippen molar-refractivity contribution in [3.05, 3.63) is 67.8 Å². The van der Waals surface area contributed by atoms with E-state index in [1.54, 1.807) is 6.21 Å². The van der Waals surface area contributed by atoms with Crippen LogP contribution in [-0.2, 0) is 0 Å². The van der Waals surface area contributed by atoms with Gasteiger partial charge >= 0.3 is 0 Å². The van der Waals surface area contributed by atoms with Gasteiger partial charge in [0.05, 0.1) is 16.8 Å². The molecule has 0 saturated heterocycles. The lowest BCUT2D eigenvalue weighted by Crippen LogP contribution is -1.94. The minimum absolute atomic E-state index is 0.0630. The normalized spacial score (nSPS) is 10.6. The van der Waals surface area contributed by atoms with Gasteiger partial charge in [-0.05, 0) is 40.8 Å². The molecule has 0 atom stereocenters. The molecule has 0 spiro atoms. The lowest BCUT2D eigenvalue weighted by atomic mass is 10.2. The molecule has 2 aromatic rings. The second-order valence-corrected chi connectivity index (χ2v) is 4.98. The van der Waals surface area contributed by atoms with Crippen LogP contribution in [0.3, 0.4) is 0 Å². The average Bonchev–Trinajstić information content (AvgIpc) is 2.39. The molecule has 0 aromatic heterocycles. The highest BCUT2D eigenvalue weighted by atomic mass is 127. The average molecular weight is 367 g/mol. The summed E-state index contributed by atoms with van der Waals surface area (Å²) >= 11 is 2.04. The van der Waals surface area contributed by atoms with E-state index in [2.05, 4.69) is 10.5 Å². The number of benzene rings is 2. The molecule has 2 rings (SSSR count). The van der Waals surface area contributed by atoms with E-state index in [-0.39, 0.29) is 5.69 Å². The number of nitrogens with one attached hydrogen (secondary N) is 1. The lowest BCUT2D eigenvalue weighted by Gasteiger charge is -1.99. The third kappa shape index (κ3) is 4.02. The van der Waals surface area contributed by atoms with Crippen molar-refractivity contribution < 1.29 is 4.92 Å². The van der Waals surface area contributed by atoms with Crippen molar-refractivity contribution in [2.75, 3.05) is 5.43 Å². The Bertz CT molecular complexity index is 615. The molecule has 0 unspecified atom stereocenters. The molecular formula is C13H10IN3O2. The Kier molecular flexibility index (Phi) is 4.45. The van der Waals surface area contributed by atoms with E-state index < -0.39 is 4.92 Å². The van der Waals surface area contributed by atoms with Gasteiger partial charge < -0.3 is 0 Å². The Hall–Kier alpha value is -1.96. The topological polar surface area (TPSA) is 67.5 Å². The van der Waals surface area contributed by atoms with Crippen LogP contribution in [-0.4, -0.2) is 11.1 Å². The highest BCUT2D eigenvalue weighted by Crippen LogP contribution is 2.17. The Labute approximate surface area is 123 Å². The maximum atomic E-state index is 10.7. The van der Waals surface area contributed by atoms with Gasteiger partial charge in [0.2, 0.25) is 0 Å². The Balaban J connectivity index is 2.12. The van der Waals surface area contributed by atoms with Crippen LogP contribution in [0.5, 0.6) is 0 Å². The fourth-order valence-corrected chi connectivity index (χ4v) is 2.15. The number of rotatable bonds is 4. The van der Waals surface area contributed by atoms with Gasteiger partial charge in [-0.15, -0.1) is 0 Å². The molecule has 0 radical (unpaired) electrons. The zero-order valence-corrected chi connectivity index (χ0v) is 11.9. The van der Waals surface area contributed by atoms with Crippen molar-refractivity contribution in [2.24, 2.45) is 5.10 Å². The zero-order chi connectivity index (χ0) is 13.7. The fourth-order valence-electron chi connectivity index (χ4n) is 1.47. The number of hydrazone groups is 1. The molecule has 5 nitrogen and oxygen atoms in total. The van der Waals surface area contributed by atoms with E-state index in [0.717, 1.165) is 9.26 Å². The van der Waals surface area contributed by atoms with Crippen molar-refractivity contribution in [1.29, 1.82) is 0 Å². The smallest absolute Gasteiger partial charge is 0.271 e. The Morgan fingerprint density at radius 1 is 1.21 bits per heavy atom. The number of nitro groups is 1. The first-order valence-corrected chi connectivity index (χ1v) is 6.52. The van der Waals surface area contributed by atoms with Gasteiger partial charge in [-0.1, -0.05) is 18.2 Å². The first-order chi connectivity index (χ1) is 9.15. The second kappa shape index (κ2) is 6.28. The summed E-state index contributed by atoms with van der Waals surface area (Å²) in [4.78, 5) is 10.3. The highest BCUT2D eigenvalue weighted by molar-refractivity contribution is 14.1. The molecule has 96 valence electrons. The molecular weight excluding hydrogens is 357 g/mol. The summed E-state index contributed by atoms with van der Waals surface area (Å²) in [6.07, 6.45) is 1.56. The zero-order valence-electron chi connectivity index (χ0n) is 9.79. The minimum Gasteiger partial charge on any atom is -0.279 e. The van der Waals surface area contributed by atoms with Crippen LogP contribution in [0, 0.1) is 13.7 Å². The van der Waals surface area contributed by atoms with Crippen LogP contribution in [0.1, 0.15) is 5.56 Å². The Morgan fingerprint density at radius 2 is 1.95 bits per heavy atom. The van der Waals surface area contributed by atoms with Gasteiger partial charge in [-0.3, -0.25) is 15.5 Å². The quantitative estimate of drug-likeness (QED) is 0.388. The predicted molar refractivity (Wildman–Crippen MR) is 83.5 cm³/mol. The molecule has 19 heavy (non-hydrogen) atoms. The molecule has 2 aromatic carbocycles. The summed E-state index contributed by atoms with van der Waals surface area (Å²) in [6.45, 7) is 0. The third-order valence-electron chi connectivity index (χ3n) is 2.30. The van der Waals surface area contributed by atoms with Crippen molar-refractivity contribution in [1.82, 2.24) is 0 Å². The van der Waals surface area contributed by atoms with Crippen LogP contribution in [0.2, 0.25) is 0 Å². The lowest BCUT2D eigenvalue weighted by molar-refractivity contribution is -0.384. The summed E-state index contributed by atoms with van der Waals surface area (Å²) in [7, 11) is 0. The molecule has 0 aliphatic heterocycles. The number of hydrogen-bond donors (Lipinski definition) is 1. The molecule has 0 heterocycles. The van der Waals surface area contributed by atoms with Crippen LogP contribution < -0.4 is 5.43 Å². The van der Waals surface area contributed by atoms with Gasteiger partial charge in [0.1, 0.15) is 0 Å². The molecule has 0 aliphatic rings. The van der Waals surface area contributed by atoms with Crippen LogP contribution in [0.4, 0.5) is 11.4 Å². The van der Waals surface area contributed by atoms with E-state index in [4.69, 9.17) is 0 Å². The van der Waals surface area contributed by atoms with Crippen LogP contribution in [0.15, 0.2) is 53.6 Å². The fraction of sp³-hybridized carbons (Fsp3) is 0.